The lowest BCUT2D eigenvalue weighted by Gasteiger charge is -2.49. The molecule has 1 aromatic carbocycles. The van der Waals surface area contributed by atoms with Gasteiger partial charge in [-0.15, -0.1) is 11.3 Å². The van der Waals surface area contributed by atoms with E-state index in [0.29, 0.717) is 28.3 Å². The second-order valence-electron chi connectivity index (χ2n) is 10.2. The Balaban J connectivity index is 1.19. The first-order valence-electron chi connectivity index (χ1n) is 12.1. The van der Waals surface area contributed by atoms with Gasteiger partial charge in [-0.1, -0.05) is 0 Å². The Labute approximate surface area is 207 Å². The summed E-state index contributed by atoms with van der Waals surface area (Å²) in [5, 5.41) is 3.75. The van der Waals surface area contributed by atoms with Crippen LogP contribution in [0.15, 0.2) is 24.3 Å². The van der Waals surface area contributed by atoms with Crippen molar-refractivity contribution in [3.63, 3.8) is 0 Å². The number of nitrogens with one attached hydrogen (secondary N) is 1. The minimum atomic E-state index is -0.351. The third-order valence-electron chi connectivity index (χ3n) is 7.30. The molecule has 2 fully saturated rings. The Morgan fingerprint density at radius 3 is 3.06 bits per heavy atom. The molecule has 1 unspecified atom stereocenters. The van der Waals surface area contributed by atoms with E-state index in [-0.39, 0.29) is 36.1 Å². The van der Waals surface area contributed by atoms with E-state index >= 15 is 4.39 Å². The molecule has 2 saturated heterocycles. The molecule has 2 bridgehead atoms. The van der Waals surface area contributed by atoms with E-state index in [0.717, 1.165) is 47.5 Å². The highest BCUT2D eigenvalue weighted by molar-refractivity contribution is 7.21. The Bertz CT molecular complexity index is 1330. The molecule has 3 aromatic rings. The molecule has 1 amide bonds. The lowest BCUT2D eigenvalue weighted by molar-refractivity contribution is -0.127. The van der Waals surface area contributed by atoms with Gasteiger partial charge in [-0.3, -0.25) is 4.79 Å². The van der Waals surface area contributed by atoms with Gasteiger partial charge >= 0.3 is 0 Å². The number of halogens is 1. The van der Waals surface area contributed by atoms with Gasteiger partial charge in [0.15, 0.2) is 0 Å². The van der Waals surface area contributed by atoms with Crippen LogP contribution in [0.25, 0.3) is 10.2 Å². The molecular formula is C26H29FN4O3S. The predicted octanol–water partition coefficient (Wildman–Crippen LogP) is 4.21. The first kappa shape index (κ1) is 22.5. The maximum atomic E-state index is 15.3. The van der Waals surface area contributed by atoms with Crippen molar-refractivity contribution >= 4 is 38.8 Å². The topological polar surface area (TPSA) is 89.7 Å². The molecule has 35 heavy (non-hydrogen) atoms. The number of aromatic nitrogens is 1. The largest absolute Gasteiger partial charge is 0.491 e. The number of amides is 1. The van der Waals surface area contributed by atoms with Crippen LogP contribution in [0.1, 0.15) is 47.1 Å². The van der Waals surface area contributed by atoms with E-state index in [1.165, 1.54) is 17.8 Å². The molecule has 7 nitrogen and oxygen atoms in total. The van der Waals surface area contributed by atoms with Crippen LogP contribution in [0.2, 0.25) is 0 Å². The third kappa shape index (κ3) is 4.10. The number of hydrogen-bond donors (Lipinski definition) is 2. The average molecular weight is 497 g/mol. The molecule has 0 radical (unpaired) electrons. The molecule has 3 aliphatic heterocycles. The summed E-state index contributed by atoms with van der Waals surface area (Å²) < 4.78 is 27.4. The van der Waals surface area contributed by atoms with Gasteiger partial charge in [-0.2, -0.15) is 0 Å². The summed E-state index contributed by atoms with van der Waals surface area (Å²) in [5.41, 5.74) is 8.65. The zero-order valence-corrected chi connectivity index (χ0v) is 20.7. The number of nitrogen functional groups attached to an aromatic ring is 1. The third-order valence-corrected chi connectivity index (χ3v) is 8.42. The van der Waals surface area contributed by atoms with Gasteiger partial charge in [0.2, 0.25) is 0 Å². The summed E-state index contributed by atoms with van der Waals surface area (Å²) in [7, 11) is 0. The van der Waals surface area contributed by atoms with Crippen molar-refractivity contribution in [3.8, 4) is 5.75 Å². The van der Waals surface area contributed by atoms with E-state index in [1.807, 2.05) is 25.1 Å². The fourth-order valence-corrected chi connectivity index (χ4v) is 6.63. The van der Waals surface area contributed by atoms with Crippen LogP contribution < -0.4 is 20.7 Å². The molecule has 6 rings (SSSR count). The highest BCUT2D eigenvalue weighted by atomic mass is 32.1. The predicted molar refractivity (Wildman–Crippen MR) is 135 cm³/mol. The molecule has 0 aliphatic carbocycles. The lowest BCUT2D eigenvalue weighted by atomic mass is 9.89. The van der Waals surface area contributed by atoms with Crippen molar-refractivity contribution in [3.05, 3.63) is 46.2 Å². The fourth-order valence-electron chi connectivity index (χ4n) is 5.58. The molecule has 184 valence electrons. The van der Waals surface area contributed by atoms with Crippen molar-refractivity contribution < 1.29 is 18.7 Å². The Morgan fingerprint density at radius 2 is 2.23 bits per heavy atom. The number of rotatable bonds is 3. The van der Waals surface area contributed by atoms with Gasteiger partial charge in [0.1, 0.15) is 27.9 Å². The van der Waals surface area contributed by atoms with Gasteiger partial charge in [-0.25, -0.2) is 9.37 Å². The number of anilines is 2. The van der Waals surface area contributed by atoms with Crippen LogP contribution in [0.5, 0.6) is 5.75 Å². The van der Waals surface area contributed by atoms with Crippen LogP contribution in [0, 0.1) is 12.7 Å². The zero-order chi connectivity index (χ0) is 24.3. The molecule has 0 spiro atoms. The number of aryl methyl sites for hydroxylation is 1. The van der Waals surface area contributed by atoms with Crippen LogP contribution >= 0.6 is 11.3 Å². The summed E-state index contributed by atoms with van der Waals surface area (Å²) in [5.74, 6) is -0.0435. The maximum absolute atomic E-state index is 15.3. The second-order valence-corrected chi connectivity index (χ2v) is 11.2. The van der Waals surface area contributed by atoms with Crippen molar-refractivity contribution in [1.29, 1.82) is 0 Å². The normalized spacial score (nSPS) is 25.7. The highest BCUT2D eigenvalue weighted by Gasteiger charge is 2.40. The average Bonchev–Trinajstić information content (AvgIpc) is 3.14. The number of pyridine rings is 1. The maximum Gasteiger partial charge on any atom is 0.263 e. The van der Waals surface area contributed by atoms with E-state index in [2.05, 4.69) is 22.1 Å². The number of thiophene rings is 1. The van der Waals surface area contributed by atoms with Crippen molar-refractivity contribution in [1.82, 2.24) is 10.3 Å². The standard InChI is InChI=1S/C26H29FN4O3S/c1-14-5-6-18-22(28)23(35-25(18)29-14)24(32)30-15-8-19-20(27)9-16(10-21(19)33-12-15)31-11-17-4-3-7-26(2,13-31)34-17/h5-6,9-10,15,17H,3-4,7-8,11-13,28H2,1-2H3,(H,30,32)/t15-,17?,26+/m1/s1. The first-order chi connectivity index (χ1) is 16.8. The van der Waals surface area contributed by atoms with Crippen molar-refractivity contribution in [2.45, 2.75) is 57.3 Å². The summed E-state index contributed by atoms with van der Waals surface area (Å²) >= 11 is 1.27. The zero-order valence-electron chi connectivity index (χ0n) is 19.9. The number of carbonyl (C=O) groups excluding carboxylic acids is 1. The molecule has 9 heteroatoms. The number of morpholine rings is 1. The molecule has 3 aliphatic rings. The minimum Gasteiger partial charge on any atom is -0.491 e. The molecular weight excluding hydrogens is 467 g/mol. The van der Waals surface area contributed by atoms with E-state index in [9.17, 15) is 4.79 Å². The summed E-state index contributed by atoms with van der Waals surface area (Å²) in [6.07, 6.45) is 3.77. The fraction of sp³-hybridized carbons (Fsp3) is 0.462. The van der Waals surface area contributed by atoms with E-state index in [1.54, 1.807) is 6.07 Å². The summed E-state index contributed by atoms with van der Waals surface area (Å²) in [4.78, 5) is 20.8. The number of nitrogens with zero attached hydrogens (tertiary/aromatic N) is 2. The van der Waals surface area contributed by atoms with Crippen LogP contribution in [0.3, 0.4) is 0 Å². The van der Waals surface area contributed by atoms with E-state index in [4.69, 9.17) is 15.2 Å². The highest BCUT2D eigenvalue weighted by Crippen LogP contribution is 2.39. The molecule has 3 atom stereocenters. The van der Waals surface area contributed by atoms with Crippen LogP contribution in [-0.4, -0.2) is 48.3 Å². The number of carbonyl (C=O) groups is 1. The van der Waals surface area contributed by atoms with Gasteiger partial charge < -0.3 is 25.4 Å². The van der Waals surface area contributed by atoms with Gasteiger partial charge in [0.25, 0.3) is 5.91 Å². The van der Waals surface area contributed by atoms with Crippen molar-refractivity contribution in [2.24, 2.45) is 0 Å². The quantitative estimate of drug-likeness (QED) is 0.565. The minimum absolute atomic E-state index is 0.183. The van der Waals surface area contributed by atoms with Crippen LogP contribution in [-0.2, 0) is 11.2 Å². The molecule has 0 saturated carbocycles. The Hall–Kier alpha value is -2.91. The smallest absolute Gasteiger partial charge is 0.263 e. The number of benzene rings is 1. The van der Waals surface area contributed by atoms with E-state index < -0.39 is 0 Å². The van der Waals surface area contributed by atoms with Crippen molar-refractivity contribution in [2.75, 3.05) is 30.3 Å². The molecule has 3 N–H and O–H groups in total. The SMILES string of the molecule is Cc1ccc2c(N)c(C(=O)N[C@H]3COc4cc(N5CC6CCC[C@@](C)(C5)O6)cc(F)c4C3)sc2n1. The number of fused-ring (bicyclic) bond motifs is 4. The lowest BCUT2D eigenvalue weighted by Crippen LogP contribution is -2.56. The number of ether oxygens (including phenoxy) is 2. The first-order valence-corrected chi connectivity index (χ1v) is 12.9. The van der Waals surface area contributed by atoms with Gasteiger partial charge in [0.05, 0.1) is 23.4 Å². The number of hydrogen-bond acceptors (Lipinski definition) is 7. The monoisotopic (exact) mass is 496 g/mol. The second kappa shape index (κ2) is 8.34. The molecule has 5 heterocycles. The number of nitrogens with two attached hydrogens (primary N) is 1. The van der Waals surface area contributed by atoms with Gasteiger partial charge in [0, 0.05) is 47.9 Å². The Kier molecular flexibility index (Phi) is 5.37. The van der Waals surface area contributed by atoms with Crippen LogP contribution in [0.4, 0.5) is 15.8 Å². The summed E-state index contributed by atoms with van der Waals surface area (Å²) in [6, 6.07) is 6.93. The molecule has 2 aromatic heterocycles. The van der Waals surface area contributed by atoms with Gasteiger partial charge in [-0.05, 0) is 51.3 Å². The summed E-state index contributed by atoms with van der Waals surface area (Å²) in [6.45, 7) is 5.82. The Morgan fingerprint density at radius 1 is 1.37 bits per heavy atom.